The first-order chi connectivity index (χ1) is 12.5. The van der Waals surface area contributed by atoms with Gasteiger partial charge in [-0.3, -0.25) is 19.1 Å². The molecule has 0 fully saturated rings. The SMILES string of the molecule is Cc1cc(NC(=O)CC2CSc3ncc(C)c(=O)n32)c2ccccc2n1. The summed E-state index contributed by atoms with van der Waals surface area (Å²) >= 11 is 1.51. The summed E-state index contributed by atoms with van der Waals surface area (Å²) in [7, 11) is 0. The largest absolute Gasteiger partial charge is 0.325 e. The molecular formula is C19H18N4O2S. The van der Waals surface area contributed by atoms with Crippen LogP contribution in [0, 0.1) is 13.8 Å². The van der Waals surface area contributed by atoms with Gasteiger partial charge in [0.1, 0.15) is 0 Å². The predicted molar refractivity (Wildman–Crippen MR) is 103 cm³/mol. The third-order valence-electron chi connectivity index (χ3n) is 4.44. The monoisotopic (exact) mass is 366 g/mol. The second-order valence-corrected chi connectivity index (χ2v) is 7.43. The van der Waals surface area contributed by atoms with Gasteiger partial charge in [0.25, 0.3) is 5.56 Å². The van der Waals surface area contributed by atoms with E-state index in [1.807, 2.05) is 37.3 Å². The normalized spacial score (nSPS) is 15.8. The third-order valence-corrected chi connectivity index (χ3v) is 5.55. The average molecular weight is 366 g/mol. The number of nitrogens with zero attached hydrogens (tertiary/aromatic N) is 3. The molecule has 0 saturated carbocycles. The molecule has 26 heavy (non-hydrogen) atoms. The Balaban J connectivity index is 1.59. The maximum absolute atomic E-state index is 12.7. The number of fused-ring (bicyclic) bond motifs is 2. The van der Waals surface area contributed by atoms with Gasteiger partial charge in [0, 0.05) is 35.0 Å². The Morgan fingerprint density at radius 2 is 2.15 bits per heavy atom. The lowest BCUT2D eigenvalue weighted by Gasteiger charge is -2.14. The van der Waals surface area contributed by atoms with Crippen LogP contribution in [0.3, 0.4) is 0 Å². The number of para-hydroxylation sites is 1. The van der Waals surface area contributed by atoms with Crippen molar-refractivity contribution in [3.8, 4) is 0 Å². The molecule has 3 heterocycles. The molecule has 132 valence electrons. The molecule has 0 bridgehead atoms. The van der Waals surface area contributed by atoms with E-state index in [0.717, 1.165) is 22.3 Å². The number of thioether (sulfide) groups is 1. The summed E-state index contributed by atoms with van der Waals surface area (Å²) in [5.41, 5.74) is 2.97. The van der Waals surface area contributed by atoms with Crippen molar-refractivity contribution in [1.82, 2.24) is 14.5 Å². The number of rotatable bonds is 3. The van der Waals surface area contributed by atoms with E-state index in [1.165, 1.54) is 11.8 Å². The minimum absolute atomic E-state index is 0.0667. The molecule has 1 atom stereocenters. The molecule has 3 aromatic rings. The maximum Gasteiger partial charge on any atom is 0.257 e. The smallest absolute Gasteiger partial charge is 0.257 e. The number of carbonyl (C=O) groups excluding carboxylic acids is 1. The van der Waals surface area contributed by atoms with Crippen LogP contribution in [0.25, 0.3) is 10.9 Å². The van der Waals surface area contributed by atoms with Crippen molar-refractivity contribution in [1.29, 1.82) is 0 Å². The maximum atomic E-state index is 12.7. The summed E-state index contributed by atoms with van der Waals surface area (Å²) in [6.45, 7) is 3.65. The van der Waals surface area contributed by atoms with Gasteiger partial charge in [0.15, 0.2) is 5.16 Å². The van der Waals surface area contributed by atoms with Gasteiger partial charge in [0.2, 0.25) is 5.91 Å². The number of hydrogen-bond acceptors (Lipinski definition) is 5. The first-order valence-corrected chi connectivity index (χ1v) is 9.38. The Hall–Kier alpha value is -2.67. The Bertz CT molecular complexity index is 1080. The van der Waals surface area contributed by atoms with Crippen LogP contribution in [-0.4, -0.2) is 26.2 Å². The Labute approximate surface area is 154 Å². The van der Waals surface area contributed by atoms with E-state index in [1.54, 1.807) is 17.7 Å². The predicted octanol–water partition coefficient (Wildman–Crippen LogP) is 3.08. The van der Waals surface area contributed by atoms with Gasteiger partial charge < -0.3 is 5.32 Å². The highest BCUT2D eigenvalue weighted by Gasteiger charge is 2.27. The van der Waals surface area contributed by atoms with Crippen LogP contribution in [0.5, 0.6) is 0 Å². The standard InChI is InChI=1S/C19H18N4O2S/c1-11-9-20-19-23(18(11)25)13(10-26-19)8-17(24)22-16-7-12(2)21-15-6-4-3-5-14(15)16/h3-7,9,13H,8,10H2,1-2H3,(H,21,22,24). The Morgan fingerprint density at radius 1 is 1.35 bits per heavy atom. The second-order valence-electron chi connectivity index (χ2n) is 6.44. The zero-order valence-electron chi connectivity index (χ0n) is 14.5. The van der Waals surface area contributed by atoms with E-state index in [2.05, 4.69) is 15.3 Å². The van der Waals surface area contributed by atoms with E-state index in [-0.39, 0.29) is 23.9 Å². The molecule has 1 unspecified atom stereocenters. The molecule has 1 aromatic carbocycles. The minimum atomic E-state index is -0.177. The van der Waals surface area contributed by atoms with E-state index >= 15 is 0 Å². The number of nitrogens with one attached hydrogen (secondary N) is 1. The topological polar surface area (TPSA) is 76.9 Å². The van der Waals surface area contributed by atoms with E-state index in [4.69, 9.17) is 0 Å². The van der Waals surface area contributed by atoms with E-state index in [9.17, 15) is 9.59 Å². The summed E-state index contributed by atoms with van der Waals surface area (Å²) in [5.74, 6) is 0.558. The van der Waals surface area contributed by atoms with Crippen LogP contribution in [0.15, 0.2) is 46.5 Å². The number of aryl methyl sites for hydroxylation is 2. The summed E-state index contributed by atoms with van der Waals surface area (Å²) in [6, 6.07) is 9.41. The zero-order valence-corrected chi connectivity index (χ0v) is 15.3. The van der Waals surface area contributed by atoms with E-state index in [0.29, 0.717) is 16.5 Å². The van der Waals surface area contributed by atoms with Crippen molar-refractivity contribution < 1.29 is 4.79 Å². The first-order valence-electron chi connectivity index (χ1n) is 8.40. The fourth-order valence-electron chi connectivity index (χ4n) is 3.20. The average Bonchev–Trinajstić information content (AvgIpc) is 3.01. The number of carbonyl (C=O) groups is 1. The molecule has 0 saturated heterocycles. The van der Waals surface area contributed by atoms with Gasteiger partial charge in [-0.25, -0.2) is 4.98 Å². The lowest BCUT2D eigenvalue weighted by atomic mass is 10.1. The lowest BCUT2D eigenvalue weighted by Crippen LogP contribution is -2.28. The molecule has 1 aliphatic rings. The highest BCUT2D eigenvalue weighted by atomic mass is 32.2. The van der Waals surface area contributed by atoms with Crippen LogP contribution in [0.4, 0.5) is 5.69 Å². The number of pyridine rings is 1. The van der Waals surface area contributed by atoms with Gasteiger partial charge in [-0.2, -0.15) is 0 Å². The summed E-state index contributed by atoms with van der Waals surface area (Å²) in [5, 5.41) is 4.58. The van der Waals surface area contributed by atoms with Crippen LogP contribution in [-0.2, 0) is 4.79 Å². The van der Waals surface area contributed by atoms with Crippen molar-refractivity contribution in [2.75, 3.05) is 11.1 Å². The highest BCUT2D eigenvalue weighted by Crippen LogP contribution is 2.32. The van der Waals surface area contributed by atoms with E-state index < -0.39 is 0 Å². The van der Waals surface area contributed by atoms with Crippen molar-refractivity contribution in [3.63, 3.8) is 0 Å². The quantitative estimate of drug-likeness (QED) is 0.721. The summed E-state index contributed by atoms with van der Waals surface area (Å²) in [6.07, 6.45) is 1.83. The molecule has 7 heteroatoms. The van der Waals surface area contributed by atoms with Crippen LogP contribution in [0.1, 0.15) is 23.7 Å². The molecule has 4 rings (SSSR count). The number of anilines is 1. The fourth-order valence-corrected chi connectivity index (χ4v) is 4.30. The number of aromatic nitrogens is 3. The van der Waals surface area contributed by atoms with Crippen molar-refractivity contribution in [2.24, 2.45) is 0 Å². The lowest BCUT2D eigenvalue weighted by molar-refractivity contribution is -0.116. The minimum Gasteiger partial charge on any atom is -0.325 e. The van der Waals surface area contributed by atoms with Crippen LogP contribution >= 0.6 is 11.8 Å². The molecule has 1 N–H and O–H groups in total. The summed E-state index contributed by atoms with van der Waals surface area (Å²) in [4.78, 5) is 33.8. The molecule has 0 aliphatic carbocycles. The van der Waals surface area contributed by atoms with Crippen LogP contribution < -0.4 is 10.9 Å². The molecule has 2 aromatic heterocycles. The molecule has 1 amide bonds. The molecule has 0 radical (unpaired) electrons. The zero-order chi connectivity index (χ0) is 18.3. The van der Waals surface area contributed by atoms with Gasteiger partial charge >= 0.3 is 0 Å². The van der Waals surface area contributed by atoms with Crippen molar-refractivity contribution >= 4 is 34.3 Å². The third kappa shape index (κ3) is 2.99. The Kier molecular flexibility index (Phi) is 4.24. The Morgan fingerprint density at radius 3 is 3.00 bits per heavy atom. The highest BCUT2D eigenvalue weighted by molar-refractivity contribution is 7.99. The van der Waals surface area contributed by atoms with Crippen molar-refractivity contribution in [2.45, 2.75) is 31.5 Å². The second kappa shape index (κ2) is 6.57. The molecule has 1 aliphatic heterocycles. The van der Waals surface area contributed by atoms with Gasteiger partial charge in [-0.1, -0.05) is 30.0 Å². The molecule has 6 nitrogen and oxygen atoms in total. The van der Waals surface area contributed by atoms with Gasteiger partial charge in [-0.05, 0) is 26.0 Å². The fraction of sp³-hybridized carbons (Fsp3) is 0.263. The number of benzene rings is 1. The van der Waals surface area contributed by atoms with Gasteiger partial charge in [0.05, 0.1) is 17.2 Å². The number of hydrogen-bond donors (Lipinski definition) is 1. The summed E-state index contributed by atoms with van der Waals surface area (Å²) < 4.78 is 1.65. The molecular weight excluding hydrogens is 348 g/mol. The number of amides is 1. The van der Waals surface area contributed by atoms with Crippen LogP contribution in [0.2, 0.25) is 0 Å². The first kappa shape index (κ1) is 16.8. The molecule has 0 spiro atoms. The van der Waals surface area contributed by atoms with Crippen molar-refractivity contribution in [3.05, 3.63) is 58.1 Å². The van der Waals surface area contributed by atoms with Gasteiger partial charge in [-0.15, -0.1) is 0 Å².